The molecule has 1 fully saturated rings. The second-order valence-corrected chi connectivity index (χ2v) is 6.02. The number of ether oxygens (including phenoxy) is 1. The SMILES string of the molecule is CCN(C(=O)OCc1ccccc1)C(C(=O)O)c1cncn1C1CC1. The lowest BCUT2D eigenvalue weighted by Gasteiger charge is -2.27. The minimum atomic E-state index is -1.11. The van der Waals surface area contributed by atoms with Crippen LogP contribution in [0.5, 0.6) is 0 Å². The summed E-state index contributed by atoms with van der Waals surface area (Å²) in [6.45, 7) is 2.06. The molecule has 0 radical (unpaired) electrons. The molecule has 1 saturated carbocycles. The summed E-state index contributed by atoms with van der Waals surface area (Å²) in [5, 5.41) is 9.72. The molecule has 1 amide bonds. The first-order valence-electron chi connectivity index (χ1n) is 8.33. The zero-order valence-electron chi connectivity index (χ0n) is 14.0. The predicted octanol–water partition coefficient (Wildman–Crippen LogP) is 3.00. The van der Waals surface area contributed by atoms with E-state index in [1.807, 2.05) is 34.9 Å². The van der Waals surface area contributed by atoms with Gasteiger partial charge in [0, 0.05) is 12.6 Å². The van der Waals surface area contributed by atoms with Crippen LogP contribution in [0.4, 0.5) is 4.79 Å². The molecule has 0 aliphatic heterocycles. The zero-order chi connectivity index (χ0) is 17.8. The maximum atomic E-state index is 12.5. The number of benzene rings is 1. The standard InChI is InChI=1S/C18H21N3O4/c1-2-20(18(24)25-11-13-6-4-3-5-7-13)16(17(22)23)15-10-19-12-21(15)14-8-9-14/h3-7,10,12,14,16H,2,8-9,11H2,1H3,(H,22,23). The Morgan fingerprint density at radius 1 is 1.36 bits per heavy atom. The smallest absolute Gasteiger partial charge is 0.411 e. The van der Waals surface area contributed by atoms with Gasteiger partial charge in [-0.25, -0.2) is 14.6 Å². The number of carbonyl (C=O) groups excluding carboxylic acids is 1. The number of carboxylic acid groups (broad SMARTS) is 1. The Kier molecular flexibility index (Phi) is 5.02. The van der Waals surface area contributed by atoms with Gasteiger partial charge in [-0.1, -0.05) is 30.3 Å². The van der Waals surface area contributed by atoms with Gasteiger partial charge in [-0.3, -0.25) is 4.90 Å². The molecule has 1 aromatic carbocycles. The maximum Gasteiger partial charge on any atom is 0.411 e. The highest BCUT2D eigenvalue weighted by Gasteiger charge is 2.36. The molecule has 1 unspecified atom stereocenters. The fourth-order valence-electron chi connectivity index (χ4n) is 2.82. The van der Waals surface area contributed by atoms with E-state index in [0.717, 1.165) is 18.4 Å². The minimum Gasteiger partial charge on any atom is -0.479 e. The van der Waals surface area contributed by atoms with Crippen LogP contribution in [-0.2, 0) is 16.1 Å². The Balaban J connectivity index is 1.77. The normalized spacial score (nSPS) is 14.8. The van der Waals surface area contributed by atoms with Gasteiger partial charge in [-0.2, -0.15) is 0 Å². The van der Waals surface area contributed by atoms with Crippen molar-refractivity contribution in [3.63, 3.8) is 0 Å². The average Bonchev–Trinajstić information content (AvgIpc) is 3.36. The fourth-order valence-corrected chi connectivity index (χ4v) is 2.82. The van der Waals surface area contributed by atoms with E-state index >= 15 is 0 Å². The molecule has 2 aromatic rings. The number of hydrogen-bond acceptors (Lipinski definition) is 4. The number of rotatable bonds is 7. The van der Waals surface area contributed by atoms with Crippen LogP contribution in [0.3, 0.4) is 0 Å². The van der Waals surface area contributed by atoms with E-state index in [4.69, 9.17) is 4.74 Å². The number of aliphatic carboxylic acids is 1. The highest BCUT2D eigenvalue weighted by atomic mass is 16.6. The van der Waals surface area contributed by atoms with Gasteiger partial charge in [-0.05, 0) is 25.3 Å². The first kappa shape index (κ1) is 17.0. The van der Waals surface area contributed by atoms with Crippen molar-refractivity contribution < 1.29 is 19.4 Å². The number of carboxylic acids is 1. The molecule has 1 atom stereocenters. The van der Waals surface area contributed by atoms with Crippen LogP contribution in [0.2, 0.25) is 0 Å². The van der Waals surface area contributed by atoms with Crippen LogP contribution >= 0.6 is 0 Å². The molecule has 1 aliphatic carbocycles. The first-order chi connectivity index (χ1) is 12.1. The van der Waals surface area contributed by atoms with E-state index in [2.05, 4.69) is 4.98 Å². The highest BCUT2D eigenvalue weighted by Crippen LogP contribution is 2.38. The molecule has 3 rings (SSSR count). The summed E-state index contributed by atoms with van der Waals surface area (Å²) in [5.41, 5.74) is 1.36. The molecule has 0 bridgehead atoms. The Labute approximate surface area is 145 Å². The van der Waals surface area contributed by atoms with E-state index in [-0.39, 0.29) is 19.2 Å². The van der Waals surface area contributed by atoms with Crippen molar-refractivity contribution in [1.29, 1.82) is 0 Å². The molecule has 1 aliphatic rings. The summed E-state index contributed by atoms with van der Waals surface area (Å²) in [6, 6.07) is 8.45. The van der Waals surface area contributed by atoms with E-state index in [0.29, 0.717) is 5.69 Å². The van der Waals surface area contributed by atoms with E-state index in [1.54, 1.807) is 13.3 Å². The fraction of sp³-hybridized carbons (Fsp3) is 0.389. The van der Waals surface area contributed by atoms with Crippen molar-refractivity contribution in [3.05, 3.63) is 54.1 Å². The van der Waals surface area contributed by atoms with E-state index in [9.17, 15) is 14.7 Å². The predicted molar refractivity (Wildman–Crippen MR) is 89.9 cm³/mol. The van der Waals surface area contributed by atoms with Gasteiger partial charge in [0.15, 0.2) is 6.04 Å². The van der Waals surface area contributed by atoms with Crippen LogP contribution < -0.4 is 0 Å². The second-order valence-electron chi connectivity index (χ2n) is 6.02. The minimum absolute atomic E-state index is 0.102. The van der Waals surface area contributed by atoms with Crippen LogP contribution in [0, 0.1) is 0 Å². The molecule has 0 spiro atoms. The lowest BCUT2D eigenvalue weighted by Crippen LogP contribution is -2.40. The number of aromatic nitrogens is 2. The monoisotopic (exact) mass is 343 g/mol. The van der Waals surface area contributed by atoms with Crippen molar-refractivity contribution in [1.82, 2.24) is 14.5 Å². The Hall–Kier alpha value is -2.83. The van der Waals surface area contributed by atoms with Gasteiger partial charge in [0.2, 0.25) is 0 Å². The molecule has 25 heavy (non-hydrogen) atoms. The maximum absolute atomic E-state index is 12.5. The van der Waals surface area contributed by atoms with E-state index < -0.39 is 18.1 Å². The summed E-state index contributed by atoms with van der Waals surface area (Å²) in [7, 11) is 0. The summed E-state index contributed by atoms with van der Waals surface area (Å²) in [5.74, 6) is -1.10. The number of hydrogen-bond donors (Lipinski definition) is 1. The average molecular weight is 343 g/mol. The first-order valence-corrected chi connectivity index (χ1v) is 8.33. The third-order valence-electron chi connectivity index (χ3n) is 4.24. The van der Waals surface area contributed by atoms with Crippen molar-refractivity contribution >= 4 is 12.1 Å². The molecule has 132 valence electrons. The number of amides is 1. The number of nitrogens with zero attached hydrogens (tertiary/aromatic N) is 3. The van der Waals surface area contributed by atoms with Gasteiger partial charge >= 0.3 is 12.1 Å². The van der Waals surface area contributed by atoms with Crippen molar-refractivity contribution in [2.45, 2.75) is 38.5 Å². The molecule has 7 heteroatoms. The molecular formula is C18H21N3O4. The topological polar surface area (TPSA) is 84.7 Å². The Morgan fingerprint density at radius 2 is 2.08 bits per heavy atom. The molecule has 1 heterocycles. The van der Waals surface area contributed by atoms with Gasteiger partial charge in [0.05, 0.1) is 18.2 Å². The van der Waals surface area contributed by atoms with Crippen LogP contribution in [-0.4, -0.2) is 38.2 Å². The molecule has 1 aromatic heterocycles. The quantitative estimate of drug-likeness (QED) is 0.835. The lowest BCUT2D eigenvalue weighted by atomic mass is 10.2. The summed E-state index contributed by atoms with van der Waals surface area (Å²) in [4.78, 5) is 29.7. The Bertz CT molecular complexity index is 740. The van der Waals surface area contributed by atoms with E-state index in [1.165, 1.54) is 11.1 Å². The van der Waals surface area contributed by atoms with Crippen LogP contribution in [0.15, 0.2) is 42.9 Å². The van der Waals surface area contributed by atoms with Gasteiger partial charge in [0.25, 0.3) is 0 Å². The van der Waals surface area contributed by atoms with Gasteiger partial charge in [-0.15, -0.1) is 0 Å². The zero-order valence-corrected chi connectivity index (χ0v) is 14.0. The van der Waals surface area contributed by atoms with Crippen molar-refractivity contribution in [2.75, 3.05) is 6.54 Å². The summed E-state index contributed by atoms with van der Waals surface area (Å²) < 4.78 is 7.17. The van der Waals surface area contributed by atoms with Crippen molar-refractivity contribution in [3.8, 4) is 0 Å². The third kappa shape index (κ3) is 3.81. The van der Waals surface area contributed by atoms with Crippen LogP contribution in [0.1, 0.15) is 43.1 Å². The Morgan fingerprint density at radius 3 is 2.68 bits per heavy atom. The van der Waals surface area contributed by atoms with Crippen LogP contribution in [0.25, 0.3) is 0 Å². The molecule has 7 nitrogen and oxygen atoms in total. The second kappa shape index (κ2) is 7.38. The van der Waals surface area contributed by atoms with Gasteiger partial charge in [0.1, 0.15) is 6.61 Å². The largest absolute Gasteiger partial charge is 0.479 e. The highest BCUT2D eigenvalue weighted by molar-refractivity contribution is 5.81. The summed E-state index contributed by atoms with van der Waals surface area (Å²) >= 11 is 0. The summed E-state index contributed by atoms with van der Waals surface area (Å²) in [6.07, 6.45) is 4.50. The van der Waals surface area contributed by atoms with Gasteiger partial charge < -0.3 is 14.4 Å². The molecule has 1 N–H and O–H groups in total. The third-order valence-corrected chi connectivity index (χ3v) is 4.24. The molecular weight excluding hydrogens is 322 g/mol. The lowest BCUT2D eigenvalue weighted by molar-refractivity contribution is -0.143. The number of imidazole rings is 1. The molecule has 0 saturated heterocycles. The van der Waals surface area contributed by atoms with Crippen molar-refractivity contribution in [2.24, 2.45) is 0 Å². The number of carbonyl (C=O) groups is 2. The number of likely N-dealkylation sites (N-methyl/N-ethyl adjacent to an activating group) is 1.